The van der Waals surface area contributed by atoms with Crippen LogP contribution in [-0.4, -0.2) is 25.8 Å². The van der Waals surface area contributed by atoms with Crippen molar-refractivity contribution in [2.45, 2.75) is 5.03 Å². The molecule has 114 valence electrons. The molecule has 0 bridgehead atoms. The normalized spacial score (nSPS) is 11.2. The molecular weight excluding hydrogens is 324 g/mol. The summed E-state index contributed by atoms with van der Waals surface area (Å²) >= 11 is 3.37. The van der Waals surface area contributed by atoms with Crippen molar-refractivity contribution < 1.29 is 0 Å². The van der Waals surface area contributed by atoms with Crippen molar-refractivity contribution in [1.82, 2.24) is 19.5 Å². The summed E-state index contributed by atoms with van der Waals surface area (Å²) < 4.78 is 3.20. The highest BCUT2D eigenvalue weighted by atomic mass is 32.2. The van der Waals surface area contributed by atoms with Crippen LogP contribution in [0.3, 0.4) is 0 Å². The number of aromatic nitrogens is 4. The molecule has 4 rings (SSSR count). The molecule has 0 atom stereocenters. The van der Waals surface area contributed by atoms with E-state index in [-0.39, 0.29) is 0 Å². The lowest BCUT2D eigenvalue weighted by Crippen LogP contribution is -1.89. The minimum atomic E-state index is 0.990. The summed E-state index contributed by atoms with van der Waals surface area (Å²) in [6, 6.07) is 12.4. The highest BCUT2D eigenvalue weighted by molar-refractivity contribution is 7.98. The van der Waals surface area contributed by atoms with Crippen LogP contribution in [0.25, 0.3) is 32.0 Å². The molecular formula is C17H14N4S2. The molecule has 0 radical (unpaired) electrons. The van der Waals surface area contributed by atoms with Crippen LogP contribution in [0.1, 0.15) is 0 Å². The van der Waals surface area contributed by atoms with Gasteiger partial charge in [-0.15, -0.1) is 23.1 Å². The predicted octanol–water partition coefficient (Wildman–Crippen LogP) is 4.48. The van der Waals surface area contributed by atoms with E-state index in [0.717, 1.165) is 37.1 Å². The second kappa shape index (κ2) is 5.79. The molecule has 0 saturated heterocycles. The van der Waals surface area contributed by atoms with Crippen LogP contribution in [-0.2, 0) is 7.05 Å². The number of thiophene rings is 1. The molecule has 0 aliphatic carbocycles. The lowest BCUT2D eigenvalue weighted by molar-refractivity contribution is 0.923. The van der Waals surface area contributed by atoms with Gasteiger partial charge in [0.05, 0.1) is 32.8 Å². The first kappa shape index (κ1) is 14.4. The quantitative estimate of drug-likeness (QED) is 0.408. The van der Waals surface area contributed by atoms with Gasteiger partial charge < -0.3 is 4.57 Å². The maximum atomic E-state index is 4.60. The standard InChI is InChI=1S/C17H14N4S2/c1-21-10-20-14(11-6-4-3-5-7-11)15(21)13-8-12-16(23-13)17(22-2)19-9-18-12/h3-10H,1-2H3. The molecule has 0 amide bonds. The molecule has 0 aliphatic heterocycles. The molecule has 0 fully saturated rings. The summed E-state index contributed by atoms with van der Waals surface area (Å²) in [6.45, 7) is 0. The van der Waals surface area contributed by atoms with Crippen LogP contribution < -0.4 is 0 Å². The molecule has 4 nitrogen and oxygen atoms in total. The third-order valence-corrected chi connectivity index (χ3v) is 5.65. The monoisotopic (exact) mass is 338 g/mol. The van der Waals surface area contributed by atoms with E-state index in [4.69, 9.17) is 0 Å². The Morgan fingerprint density at radius 2 is 1.91 bits per heavy atom. The largest absolute Gasteiger partial charge is 0.333 e. The second-order valence-electron chi connectivity index (χ2n) is 5.13. The van der Waals surface area contributed by atoms with E-state index >= 15 is 0 Å². The van der Waals surface area contributed by atoms with E-state index in [1.807, 2.05) is 37.8 Å². The van der Waals surface area contributed by atoms with Gasteiger partial charge in [-0.1, -0.05) is 30.3 Å². The van der Waals surface area contributed by atoms with Gasteiger partial charge in [-0.3, -0.25) is 0 Å². The van der Waals surface area contributed by atoms with Gasteiger partial charge in [0, 0.05) is 12.6 Å². The first-order chi connectivity index (χ1) is 11.3. The molecule has 0 N–H and O–H groups in total. The number of fused-ring (bicyclic) bond motifs is 1. The van der Waals surface area contributed by atoms with Crippen LogP contribution in [0.2, 0.25) is 0 Å². The van der Waals surface area contributed by atoms with Crippen LogP contribution in [0.4, 0.5) is 0 Å². The minimum absolute atomic E-state index is 0.990. The molecule has 3 heterocycles. The van der Waals surface area contributed by atoms with Crippen molar-refractivity contribution in [2.75, 3.05) is 6.26 Å². The lowest BCUT2D eigenvalue weighted by atomic mass is 10.1. The SMILES string of the molecule is CSc1ncnc2cc(-c3c(-c4ccccc4)ncn3C)sc12. The number of hydrogen-bond acceptors (Lipinski definition) is 5. The predicted molar refractivity (Wildman–Crippen MR) is 96.8 cm³/mol. The van der Waals surface area contributed by atoms with Gasteiger partial charge in [-0.05, 0) is 12.3 Å². The van der Waals surface area contributed by atoms with Gasteiger partial charge in [0.15, 0.2) is 0 Å². The highest BCUT2D eigenvalue weighted by Crippen LogP contribution is 2.39. The Balaban J connectivity index is 1.94. The summed E-state index contributed by atoms with van der Waals surface area (Å²) in [4.78, 5) is 14.5. The summed E-state index contributed by atoms with van der Waals surface area (Å²) in [6.07, 6.45) is 5.54. The molecule has 6 heteroatoms. The summed E-state index contributed by atoms with van der Waals surface area (Å²) in [7, 11) is 2.03. The van der Waals surface area contributed by atoms with E-state index in [0.29, 0.717) is 0 Å². The molecule has 0 unspecified atom stereocenters. The summed E-state index contributed by atoms with van der Waals surface area (Å²) in [5, 5.41) is 1.02. The fourth-order valence-corrected chi connectivity index (χ4v) is 4.52. The summed E-state index contributed by atoms with van der Waals surface area (Å²) in [5.74, 6) is 0. The van der Waals surface area contributed by atoms with E-state index in [1.165, 1.54) is 0 Å². The Morgan fingerprint density at radius 3 is 2.70 bits per heavy atom. The van der Waals surface area contributed by atoms with Crippen LogP contribution in [0.15, 0.2) is 54.1 Å². The number of nitrogens with zero attached hydrogens (tertiary/aromatic N) is 4. The molecule has 23 heavy (non-hydrogen) atoms. The van der Waals surface area contributed by atoms with Gasteiger partial charge in [0.1, 0.15) is 11.4 Å². The van der Waals surface area contributed by atoms with E-state index in [1.54, 1.807) is 29.4 Å². The fraction of sp³-hybridized carbons (Fsp3) is 0.118. The van der Waals surface area contributed by atoms with Crippen LogP contribution in [0, 0.1) is 0 Å². The molecule has 0 aliphatic rings. The molecule has 3 aromatic heterocycles. The van der Waals surface area contributed by atoms with Crippen LogP contribution in [0.5, 0.6) is 0 Å². The zero-order valence-corrected chi connectivity index (χ0v) is 14.4. The topological polar surface area (TPSA) is 43.6 Å². The number of hydrogen-bond donors (Lipinski definition) is 0. The fourth-order valence-electron chi connectivity index (χ4n) is 2.62. The van der Waals surface area contributed by atoms with Crippen molar-refractivity contribution in [3.8, 4) is 21.8 Å². The number of thioether (sulfide) groups is 1. The molecule has 0 spiro atoms. The van der Waals surface area contributed by atoms with Gasteiger partial charge in [-0.25, -0.2) is 15.0 Å². The van der Waals surface area contributed by atoms with E-state index in [2.05, 4.69) is 37.7 Å². The number of rotatable bonds is 3. The number of imidazole rings is 1. The van der Waals surface area contributed by atoms with Crippen molar-refractivity contribution in [1.29, 1.82) is 0 Å². The van der Waals surface area contributed by atoms with Gasteiger partial charge >= 0.3 is 0 Å². The first-order valence-corrected chi connectivity index (χ1v) is 9.17. The third-order valence-electron chi connectivity index (χ3n) is 3.69. The molecule has 1 aromatic carbocycles. The molecule has 0 saturated carbocycles. The van der Waals surface area contributed by atoms with Crippen molar-refractivity contribution in [3.63, 3.8) is 0 Å². The maximum absolute atomic E-state index is 4.60. The Bertz CT molecular complexity index is 973. The minimum Gasteiger partial charge on any atom is -0.333 e. The highest BCUT2D eigenvalue weighted by Gasteiger charge is 2.17. The van der Waals surface area contributed by atoms with Gasteiger partial charge in [-0.2, -0.15) is 0 Å². The number of aryl methyl sites for hydroxylation is 1. The second-order valence-corrected chi connectivity index (χ2v) is 6.97. The zero-order valence-electron chi connectivity index (χ0n) is 12.7. The average molecular weight is 338 g/mol. The first-order valence-electron chi connectivity index (χ1n) is 7.13. The molecule has 4 aromatic rings. The van der Waals surface area contributed by atoms with Crippen LogP contribution >= 0.6 is 23.1 Å². The van der Waals surface area contributed by atoms with E-state index in [9.17, 15) is 0 Å². The Morgan fingerprint density at radius 1 is 1.09 bits per heavy atom. The van der Waals surface area contributed by atoms with Gasteiger partial charge in [0.25, 0.3) is 0 Å². The third kappa shape index (κ3) is 2.44. The average Bonchev–Trinajstić information content (AvgIpc) is 3.18. The zero-order chi connectivity index (χ0) is 15.8. The van der Waals surface area contributed by atoms with Gasteiger partial charge in [0.2, 0.25) is 0 Å². The summed E-state index contributed by atoms with van der Waals surface area (Å²) in [5.41, 5.74) is 4.23. The van der Waals surface area contributed by atoms with Crippen molar-refractivity contribution in [2.24, 2.45) is 7.05 Å². The smallest absolute Gasteiger partial charge is 0.117 e. The Hall–Kier alpha value is -2.18. The lowest BCUT2D eigenvalue weighted by Gasteiger charge is -2.03. The van der Waals surface area contributed by atoms with Crippen molar-refractivity contribution in [3.05, 3.63) is 49.1 Å². The Labute approximate surface area is 142 Å². The maximum Gasteiger partial charge on any atom is 0.117 e. The Kier molecular flexibility index (Phi) is 3.63. The van der Waals surface area contributed by atoms with Crippen molar-refractivity contribution >= 4 is 33.3 Å². The van der Waals surface area contributed by atoms with E-state index < -0.39 is 0 Å². The number of benzene rings is 1.